The van der Waals surface area contributed by atoms with Gasteiger partial charge in [-0.25, -0.2) is 4.79 Å². The smallest absolute Gasteiger partial charge is 0.339 e. The molecule has 0 fully saturated rings. The fraction of sp³-hybridized carbons (Fsp3) is 0.333. The molecule has 3 N–H and O–H groups in total. The molecule has 0 saturated heterocycles. The largest absolute Gasteiger partial charge is 0.478 e. The number of aliphatic hydroxyl groups excluding tert-OH is 1. The topological polar surface area (TPSA) is 82.5 Å². The highest BCUT2D eigenvalue weighted by molar-refractivity contribution is 5.93. The van der Waals surface area contributed by atoms with Crippen LogP contribution in [0.4, 0.5) is 5.69 Å². The molecular formula is C9H12N2O3. The molecule has 1 heterocycles. The van der Waals surface area contributed by atoms with Crippen molar-refractivity contribution in [2.45, 2.75) is 13.0 Å². The maximum Gasteiger partial charge on any atom is 0.339 e. The van der Waals surface area contributed by atoms with Crippen LogP contribution in [0.1, 0.15) is 17.3 Å². The molecule has 0 aliphatic rings. The first kappa shape index (κ1) is 10.5. The van der Waals surface area contributed by atoms with Crippen molar-refractivity contribution < 1.29 is 15.0 Å². The molecule has 5 nitrogen and oxygen atoms in total. The summed E-state index contributed by atoms with van der Waals surface area (Å²) in [5.41, 5.74) is 0.571. The Bertz CT molecular complexity index is 328. The first-order valence-electron chi connectivity index (χ1n) is 4.20. The Morgan fingerprint density at radius 3 is 3.00 bits per heavy atom. The van der Waals surface area contributed by atoms with Crippen LogP contribution in [0, 0.1) is 0 Å². The second-order valence-electron chi connectivity index (χ2n) is 2.95. The number of rotatable bonds is 4. The van der Waals surface area contributed by atoms with E-state index in [1.807, 2.05) is 0 Å². The average Bonchev–Trinajstić information content (AvgIpc) is 2.18. The fourth-order valence-electron chi connectivity index (χ4n) is 1.00. The van der Waals surface area contributed by atoms with Crippen molar-refractivity contribution in [1.29, 1.82) is 0 Å². The van der Waals surface area contributed by atoms with Crippen molar-refractivity contribution in [1.82, 2.24) is 4.98 Å². The molecule has 76 valence electrons. The number of pyridine rings is 1. The predicted molar refractivity (Wildman–Crippen MR) is 51.4 cm³/mol. The van der Waals surface area contributed by atoms with E-state index in [1.165, 1.54) is 12.4 Å². The van der Waals surface area contributed by atoms with Gasteiger partial charge in [0.2, 0.25) is 0 Å². The lowest BCUT2D eigenvalue weighted by Crippen LogP contribution is -2.21. The van der Waals surface area contributed by atoms with E-state index in [-0.39, 0.29) is 18.2 Å². The normalized spacial score (nSPS) is 12.1. The minimum Gasteiger partial charge on any atom is -0.478 e. The van der Waals surface area contributed by atoms with Gasteiger partial charge in [0.05, 0.1) is 12.3 Å². The van der Waals surface area contributed by atoms with Crippen LogP contribution < -0.4 is 5.32 Å². The Morgan fingerprint density at radius 1 is 1.71 bits per heavy atom. The molecule has 5 heteroatoms. The van der Waals surface area contributed by atoms with E-state index in [4.69, 9.17) is 10.2 Å². The SMILES string of the molecule is CC(CO)Nc1ccncc1C(=O)O. The Labute approximate surface area is 81.4 Å². The third-order valence-electron chi connectivity index (χ3n) is 1.73. The summed E-state index contributed by atoms with van der Waals surface area (Å²) in [6.45, 7) is 1.70. The van der Waals surface area contributed by atoms with Gasteiger partial charge < -0.3 is 15.5 Å². The van der Waals surface area contributed by atoms with E-state index in [0.29, 0.717) is 5.69 Å². The number of carboxylic acid groups (broad SMARTS) is 1. The summed E-state index contributed by atoms with van der Waals surface area (Å²) in [7, 11) is 0. The number of aliphatic hydroxyl groups is 1. The number of carboxylic acids is 1. The van der Waals surface area contributed by atoms with Crippen LogP contribution in [0.5, 0.6) is 0 Å². The van der Waals surface area contributed by atoms with Gasteiger partial charge in [0.15, 0.2) is 0 Å². The maximum atomic E-state index is 10.7. The molecule has 0 spiro atoms. The molecule has 1 aromatic heterocycles. The zero-order valence-electron chi connectivity index (χ0n) is 7.77. The molecule has 0 bridgehead atoms. The molecule has 0 amide bonds. The first-order chi connectivity index (χ1) is 6.65. The number of hydrogen-bond acceptors (Lipinski definition) is 4. The quantitative estimate of drug-likeness (QED) is 0.655. The van der Waals surface area contributed by atoms with Gasteiger partial charge in [-0.15, -0.1) is 0 Å². The lowest BCUT2D eigenvalue weighted by Gasteiger charge is -2.13. The van der Waals surface area contributed by atoms with E-state index in [9.17, 15) is 4.79 Å². The van der Waals surface area contributed by atoms with Crippen LogP contribution in [0.25, 0.3) is 0 Å². The van der Waals surface area contributed by atoms with Crippen molar-refractivity contribution in [2.24, 2.45) is 0 Å². The van der Waals surface area contributed by atoms with Crippen LogP contribution >= 0.6 is 0 Å². The number of nitrogens with one attached hydrogen (secondary N) is 1. The molecule has 0 aliphatic carbocycles. The number of aromatic carboxylic acids is 1. The van der Waals surface area contributed by atoms with E-state index in [0.717, 1.165) is 0 Å². The number of carbonyl (C=O) groups is 1. The molecule has 14 heavy (non-hydrogen) atoms. The summed E-state index contributed by atoms with van der Waals surface area (Å²) in [5, 5.41) is 20.5. The minimum atomic E-state index is -1.04. The summed E-state index contributed by atoms with van der Waals surface area (Å²) in [6.07, 6.45) is 2.77. The Hall–Kier alpha value is -1.62. The highest BCUT2D eigenvalue weighted by Crippen LogP contribution is 2.14. The van der Waals surface area contributed by atoms with Crippen LogP contribution in [0.2, 0.25) is 0 Å². The summed E-state index contributed by atoms with van der Waals surface area (Å²) in [6, 6.07) is 1.38. The van der Waals surface area contributed by atoms with Crippen molar-refractivity contribution in [3.63, 3.8) is 0 Å². The first-order valence-corrected chi connectivity index (χ1v) is 4.20. The van der Waals surface area contributed by atoms with Crippen molar-refractivity contribution >= 4 is 11.7 Å². The molecule has 0 aromatic carbocycles. The molecule has 0 radical (unpaired) electrons. The molecule has 1 unspecified atom stereocenters. The Kier molecular flexibility index (Phi) is 3.41. The van der Waals surface area contributed by atoms with E-state index in [1.54, 1.807) is 13.0 Å². The standard InChI is InChI=1S/C9H12N2O3/c1-6(5-12)11-8-2-3-10-4-7(8)9(13)14/h2-4,6,12H,5H2,1H3,(H,10,11)(H,13,14). The van der Waals surface area contributed by atoms with Crippen molar-refractivity contribution in [3.8, 4) is 0 Å². The third-order valence-corrected chi connectivity index (χ3v) is 1.73. The van der Waals surface area contributed by atoms with Crippen molar-refractivity contribution in [2.75, 3.05) is 11.9 Å². The van der Waals surface area contributed by atoms with Gasteiger partial charge in [0.25, 0.3) is 0 Å². The monoisotopic (exact) mass is 196 g/mol. The average molecular weight is 196 g/mol. The van der Waals surface area contributed by atoms with Gasteiger partial charge in [-0.1, -0.05) is 0 Å². The Balaban J connectivity index is 2.90. The fourth-order valence-corrected chi connectivity index (χ4v) is 1.00. The van der Waals surface area contributed by atoms with E-state index < -0.39 is 5.97 Å². The number of nitrogens with zero attached hydrogens (tertiary/aromatic N) is 1. The van der Waals surface area contributed by atoms with Gasteiger partial charge in [-0.2, -0.15) is 0 Å². The zero-order chi connectivity index (χ0) is 10.6. The lowest BCUT2D eigenvalue weighted by molar-refractivity contribution is 0.0697. The molecular weight excluding hydrogens is 184 g/mol. The number of aromatic nitrogens is 1. The van der Waals surface area contributed by atoms with Crippen molar-refractivity contribution in [3.05, 3.63) is 24.0 Å². The van der Waals surface area contributed by atoms with Gasteiger partial charge in [0, 0.05) is 18.4 Å². The van der Waals surface area contributed by atoms with Crippen LogP contribution in [0.15, 0.2) is 18.5 Å². The Morgan fingerprint density at radius 2 is 2.43 bits per heavy atom. The molecule has 0 saturated carbocycles. The van der Waals surface area contributed by atoms with Gasteiger partial charge >= 0.3 is 5.97 Å². The summed E-state index contributed by atoms with van der Waals surface area (Å²) >= 11 is 0. The predicted octanol–water partition coefficient (Wildman–Crippen LogP) is 0.573. The molecule has 1 aromatic rings. The van der Waals surface area contributed by atoms with Crippen LogP contribution in [0.3, 0.4) is 0 Å². The van der Waals surface area contributed by atoms with E-state index >= 15 is 0 Å². The lowest BCUT2D eigenvalue weighted by atomic mass is 10.2. The maximum absolute atomic E-state index is 10.7. The highest BCUT2D eigenvalue weighted by atomic mass is 16.4. The van der Waals surface area contributed by atoms with Gasteiger partial charge in [-0.05, 0) is 13.0 Å². The van der Waals surface area contributed by atoms with Gasteiger partial charge in [0.1, 0.15) is 5.56 Å². The molecule has 1 atom stereocenters. The van der Waals surface area contributed by atoms with Gasteiger partial charge in [-0.3, -0.25) is 4.98 Å². The summed E-state index contributed by atoms with van der Waals surface area (Å²) in [5.74, 6) is -1.04. The second-order valence-corrected chi connectivity index (χ2v) is 2.95. The second kappa shape index (κ2) is 4.57. The zero-order valence-corrected chi connectivity index (χ0v) is 7.77. The molecule has 1 rings (SSSR count). The number of hydrogen-bond donors (Lipinski definition) is 3. The van der Waals surface area contributed by atoms with E-state index in [2.05, 4.69) is 10.3 Å². The van der Waals surface area contributed by atoms with Crippen LogP contribution in [-0.4, -0.2) is 33.8 Å². The summed E-state index contributed by atoms with van der Waals surface area (Å²) in [4.78, 5) is 14.5. The third kappa shape index (κ3) is 2.43. The van der Waals surface area contributed by atoms with Crippen LogP contribution in [-0.2, 0) is 0 Å². The minimum absolute atomic E-state index is 0.0542. The summed E-state index contributed by atoms with van der Waals surface area (Å²) < 4.78 is 0. The highest BCUT2D eigenvalue weighted by Gasteiger charge is 2.10. The molecule has 0 aliphatic heterocycles. The number of anilines is 1.